The van der Waals surface area contributed by atoms with Crippen molar-refractivity contribution < 1.29 is 23.9 Å². The molecule has 6 heteroatoms. The first kappa shape index (κ1) is 17.0. The van der Waals surface area contributed by atoms with Crippen LogP contribution in [0.1, 0.15) is 40.0 Å². The van der Waals surface area contributed by atoms with Crippen LogP contribution in [0.3, 0.4) is 0 Å². The van der Waals surface area contributed by atoms with Crippen molar-refractivity contribution in [2.45, 2.75) is 52.1 Å². The lowest BCUT2D eigenvalue weighted by molar-refractivity contribution is -0.176. The molecule has 0 radical (unpaired) electrons. The standard InChI is InChI=1S/C15H21NO5/c1-4-7-8-9-11-10-12(17)16(11)13(14(18)20-5-2)15(19)21-6-3/h11,13H,5-6,8-10H2,1-3H3. The van der Waals surface area contributed by atoms with Crippen LogP contribution in [0, 0.1) is 11.8 Å². The number of rotatable bonds is 7. The van der Waals surface area contributed by atoms with E-state index in [1.54, 1.807) is 20.8 Å². The van der Waals surface area contributed by atoms with Crippen LogP contribution < -0.4 is 0 Å². The molecule has 0 saturated carbocycles. The lowest BCUT2D eigenvalue weighted by atomic mass is 9.94. The Labute approximate surface area is 124 Å². The van der Waals surface area contributed by atoms with Crippen molar-refractivity contribution in [1.82, 2.24) is 4.90 Å². The van der Waals surface area contributed by atoms with Gasteiger partial charge >= 0.3 is 11.9 Å². The molecular formula is C15H21NO5. The summed E-state index contributed by atoms with van der Waals surface area (Å²) >= 11 is 0. The van der Waals surface area contributed by atoms with Crippen molar-refractivity contribution in [3.05, 3.63) is 0 Å². The number of likely N-dealkylation sites (tertiary alicyclic amines) is 1. The van der Waals surface area contributed by atoms with Crippen molar-refractivity contribution in [1.29, 1.82) is 0 Å². The summed E-state index contributed by atoms with van der Waals surface area (Å²) in [5.41, 5.74) is 0. The van der Waals surface area contributed by atoms with E-state index in [1.807, 2.05) is 0 Å². The summed E-state index contributed by atoms with van der Waals surface area (Å²) in [4.78, 5) is 37.0. The van der Waals surface area contributed by atoms with Gasteiger partial charge in [0.2, 0.25) is 11.9 Å². The fraction of sp³-hybridized carbons (Fsp3) is 0.667. The van der Waals surface area contributed by atoms with Gasteiger partial charge in [0.15, 0.2) is 0 Å². The molecule has 1 rings (SSSR count). The zero-order chi connectivity index (χ0) is 15.8. The Morgan fingerprint density at radius 3 is 2.29 bits per heavy atom. The molecule has 0 aromatic rings. The smallest absolute Gasteiger partial charge is 0.340 e. The first-order chi connectivity index (χ1) is 10.1. The Hall–Kier alpha value is -2.03. The Kier molecular flexibility index (Phi) is 6.73. The van der Waals surface area contributed by atoms with Gasteiger partial charge in [-0.25, -0.2) is 9.59 Å². The summed E-state index contributed by atoms with van der Waals surface area (Å²) < 4.78 is 9.78. The average Bonchev–Trinajstić information content (AvgIpc) is 2.44. The van der Waals surface area contributed by atoms with Gasteiger partial charge in [-0.2, -0.15) is 0 Å². The normalized spacial score (nSPS) is 16.9. The number of ether oxygens (including phenoxy) is 2. The molecular weight excluding hydrogens is 274 g/mol. The van der Waals surface area contributed by atoms with Gasteiger partial charge < -0.3 is 14.4 Å². The van der Waals surface area contributed by atoms with Gasteiger partial charge in [-0.3, -0.25) is 4.79 Å². The maximum Gasteiger partial charge on any atom is 0.340 e. The average molecular weight is 295 g/mol. The number of hydrogen-bond acceptors (Lipinski definition) is 5. The first-order valence-electron chi connectivity index (χ1n) is 7.10. The largest absolute Gasteiger partial charge is 0.464 e. The van der Waals surface area contributed by atoms with E-state index in [0.29, 0.717) is 19.3 Å². The molecule has 116 valence electrons. The Bertz CT molecular complexity index is 444. The van der Waals surface area contributed by atoms with Crippen LogP contribution in [0.25, 0.3) is 0 Å². The molecule has 0 aromatic heterocycles. The summed E-state index contributed by atoms with van der Waals surface area (Å²) in [5, 5.41) is 0. The molecule has 0 spiro atoms. The van der Waals surface area contributed by atoms with Gasteiger partial charge in [-0.1, -0.05) is 0 Å². The maximum absolute atomic E-state index is 12.0. The van der Waals surface area contributed by atoms with Crippen molar-refractivity contribution in [3.8, 4) is 11.8 Å². The highest BCUT2D eigenvalue weighted by atomic mass is 16.6. The molecule has 0 aliphatic carbocycles. The fourth-order valence-corrected chi connectivity index (χ4v) is 2.22. The zero-order valence-electron chi connectivity index (χ0n) is 12.7. The fourth-order valence-electron chi connectivity index (χ4n) is 2.22. The molecule has 21 heavy (non-hydrogen) atoms. The SMILES string of the molecule is CC#CCCC1CC(=O)N1C(C(=O)OCC)C(=O)OCC. The van der Waals surface area contributed by atoms with E-state index in [1.165, 1.54) is 4.90 Å². The van der Waals surface area contributed by atoms with Gasteiger partial charge in [0, 0.05) is 18.9 Å². The lowest BCUT2D eigenvalue weighted by Crippen LogP contribution is -2.62. The maximum atomic E-state index is 12.0. The molecule has 1 aliphatic heterocycles. The van der Waals surface area contributed by atoms with Gasteiger partial charge in [0.05, 0.1) is 13.2 Å². The van der Waals surface area contributed by atoms with Crippen LogP contribution in [-0.4, -0.2) is 48.0 Å². The summed E-state index contributed by atoms with van der Waals surface area (Å²) in [6.45, 7) is 5.31. The van der Waals surface area contributed by atoms with E-state index in [0.717, 1.165) is 0 Å². The molecule has 0 N–H and O–H groups in total. The molecule has 0 bridgehead atoms. The number of hydrogen-bond donors (Lipinski definition) is 0. The molecule has 1 aliphatic rings. The van der Waals surface area contributed by atoms with Crippen LogP contribution in [0.15, 0.2) is 0 Å². The molecule has 1 saturated heterocycles. The predicted molar refractivity (Wildman–Crippen MR) is 75.0 cm³/mol. The molecule has 6 nitrogen and oxygen atoms in total. The number of carbonyl (C=O) groups is 3. The molecule has 0 aromatic carbocycles. The van der Waals surface area contributed by atoms with Crippen molar-refractivity contribution in [3.63, 3.8) is 0 Å². The van der Waals surface area contributed by atoms with Gasteiger partial charge in [-0.15, -0.1) is 11.8 Å². The van der Waals surface area contributed by atoms with E-state index >= 15 is 0 Å². The number of amides is 1. The number of carbonyl (C=O) groups excluding carboxylic acids is 3. The van der Waals surface area contributed by atoms with E-state index in [9.17, 15) is 14.4 Å². The van der Waals surface area contributed by atoms with Crippen LogP contribution in [0.5, 0.6) is 0 Å². The van der Waals surface area contributed by atoms with Crippen LogP contribution >= 0.6 is 0 Å². The lowest BCUT2D eigenvalue weighted by Gasteiger charge is -2.43. The quantitative estimate of drug-likeness (QED) is 0.302. The third-order valence-corrected chi connectivity index (χ3v) is 3.17. The highest BCUT2D eigenvalue weighted by molar-refractivity contribution is 6.04. The van der Waals surface area contributed by atoms with E-state index < -0.39 is 18.0 Å². The topological polar surface area (TPSA) is 72.9 Å². The summed E-state index contributed by atoms with van der Waals surface area (Å²) in [5.74, 6) is 3.97. The van der Waals surface area contributed by atoms with Crippen LogP contribution in [0.4, 0.5) is 0 Å². The van der Waals surface area contributed by atoms with Crippen molar-refractivity contribution in [2.75, 3.05) is 13.2 Å². The predicted octanol–water partition coefficient (Wildman–Crippen LogP) is 0.886. The first-order valence-corrected chi connectivity index (χ1v) is 7.10. The third kappa shape index (κ3) is 4.22. The van der Waals surface area contributed by atoms with Gasteiger partial charge in [0.1, 0.15) is 0 Å². The molecule has 1 unspecified atom stereocenters. The van der Waals surface area contributed by atoms with Crippen LogP contribution in [0.2, 0.25) is 0 Å². The minimum atomic E-state index is -1.30. The number of nitrogens with zero attached hydrogens (tertiary/aromatic N) is 1. The van der Waals surface area contributed by atoms with Gasteiger partial charge in [-0.05, 0) is 27.2 Å². The summed E-state index contributed by atoms with van der Waals surface area (Å²) in [6.07, 6.45) is 1.56. The van der Waals surface area contributed by atoms with Crippen molar-refractivity contribution >= 4 is 17.8 Å². The van der Waals surface area contributed by atoms with Gasteiger partial charge in [0.25, 0.3) is 0 Å². The Balaban J connectivity index is 2.83. The number of β-lactam (4-membered cyclic amide) rings is 1. The number of esters is 2. The van der Waals surface area contributed by atoms with E-state index in [4.69, 9.17) is 9.47 Å². The second-order valence-electron chi connectivity index (χ2n) is 4.53. The van der Waals surface area contributed by atoms with Crippen LogP contribution in [-0.2, 0) is 23.9 Å². The molecule has 1 heterocycles. The monoisotopic (exact) mass is 295 g/mol. The molecule has 1 fully saturated rings. The molecule has 1 amide bonds. The van der Waals surface area contributed by atoms with Crippen molar-refractivity contribution in [2.24, 2.45) is 0 Å². The second kappa shape index (κ2) is 8.30. The molecule has 1 atom stereocenters. The highest BCUT2D eigenvalue weighted by Gasteiger charge is 2.48. The minimum absolute atomic E-state index is 0.142. The third-order valence-electron chi connectivity index (χ3n) is 3.17. The Morgan fingerprint density at radius 2 is 1.86 bits per heavy atom. The zero-order valence-corrected chi connectivity index (χ0v) is 12.7. The van der Waals surface area contributed by atoms with E-state index in [2.05, 4.69) is 11.8 Å². The summed E-state index contributed by atoms with van der Waals surface area (Å²) in [7, 11) is 0. The summed E-state index contributed by atoms with van der Waals surface area (Å²) in [6, 6.07) is -1.47. The van der Waals surface area contributed by atoms with E-state index in [-0.39, 0.29) is 25.2 Å². The minimum Gasteiger partial charge on any atom is -0.464 e. The highest BCUT2D eigenvalue weighted by Crippen LogP contribution is 2.27. The Morgan fingerprint density at radius 1 is 1.29 bits per heavy atom. The second-order valence-corrected chi connectivity index (χ2v) is 4.53.